The van der Waals surface area contributed by atoms with Gasteiger partial charge >= 0.3 is 6.18 Å². The minimum atomic E-state index is -4.48. The van der Waals surface area contributed by atoms with Crippen molar-refractivity contribution in [1.82, 2.24) is 9.88 Å². The van der Waals surface area contributed by atoms with Gasteiger partial charge in [-0.1, -0.05) is 19.8 Å². The Bertz CT molecular complexity index is 799. The molecule has 0 bridgehead atoms. The summed E-state index contributed by atoms with van der Waals surface area (Å²) in [6.45, 7) is 3.97. The molecule has 0 unspecified atom stereocenters. The lowest BCUT2D eigenvalue weighted by Gasteiger charge is -2.34. The van der Waals surface area contributed by atoms with Crippen LogP contribution in [-0.4, -0.2) is 28.9 Å². The fraction of sp³-hybridized carbons (Fsp3) is 0.556. The van der Waals surface area contributed by atoms with E-state index in [1.165, 1.54) is 12.5 Å². The molecule has 25 heavy (non-hydrogen) atoms. The molecule has 1 aliphatic carbocycles. The van der Waals surface area contributed by atoms with Gasteiger partial charge in [0.25, 0.3) is 5.91 Å². The van der Waals surface area contributed by atoms with E-state index in [0.29, 0.717) is 21.7 Å². The van der Waals surface area contributed by atoms with Gasteiger partial charge in [0.15, 0.2) is 0 Å². The van der Waals surface area contributed by atoms with Crippen molar-refractivity contribution in [3.8, 4) is 0 Å². The number of rotatable bonds is 2. The number of hydrogen-bond acceptors (Lipinski definition) is 3. The van der Waals surface area contributed by atoms with Gasteiger partial charge in [0, 0.05) is 18.5 Å². The van der Waals surface area contributed by atoms with Crippen molar-refractivity contribution >= 4 is 27.5 Å². The molecule has 2 atom stereocenters. The highest BCUT2D eigenvalue weighted by atomic mass is 32.1. The minimum absolute atomic E-state index is 0.117. The summed E-state index contributed by atoms with van der Waals surface area (Å²) in [7, 11) is 1.80. The number of thiophene rings is 1. The van der Waals surface area contributed by atoms with E-state index in [4.69, 9.17) is 0 Å². The van der Waals surface area contributed by atoms with Crippen LogP contribution in [0.3, 0.4) is 0 Å². The second kappa shape index (κ2) is 6.59. The second-order valence-electron chi connectivity index (χ2n) is 6.94. The van der Waals surface area contributed by atoms with Gasteiger partial charge in [0.05, 0.1) is 4.88 Å². The molecule has 0 radical (unpaired) electrons. The third-order valence-corrected chi connectivity index (χ3v) is 6.25. The van der Waals surface area contributed by atoms with Gasteiger partial charge in [-0.25, -0.2) is 4.98 Å². The zero-order chi connectivity index (χ0) is 18.4. The predicted octanol–water partition coefficient (Wildman–Crippen LogP) is 5.27. The first-order valence-corrected chi connectivity index (χ1v) is 9.24. The molecule has 1 aliphatic rings. The van der Waals surface area contributed by atoms with Gasteiger partial charge in [-0.15, -0.1) is 11.3 Å². The van der Waals surface area contributed by atoms with Crippen LogP contribution in [0.5, 0.6) is 0 Å². The van der Waals surface area contributed by atoms with Crippen LogP contribution in [0.15, 0.2) is 12.1 Å². The molecule has 0 saturated heterocycles. The average Bonchev–Trinajstić information content (AvgIpc) is 2.89. The molecule has 2 aromatic rings. The van der Waals surface area contributed by atoms with Crippen molar-refractivity contribution in [2.75, 3.05) is 7.05 Å². The number of alkyl halides is 3. The van der Waals surface area contributed by atoms with Crippen molar-refractivity contribution in [3.63, 3.8) is 0 Å². The zero-order valence-electron chi connectivity index (χ0n) is 14.5. The number of fused-ring (bicyclic) bond motifs is 1. The molecule has 136 valence electrons. The largest absolute Gasteiger partial charge is 0.433 e. The average molecular weight is 370 g/mol. The monoisotopic (exact) mass is 370 g/mol. The van der Waals surface area contributed by atoms with E-state index < -0.39 is 11.9 Å². The van der Waals surface area contributed by atoms with Gasteiger partial charge in [-0.05, 0) is 43.4 Å². The maximum atomic E-state index is 12.9. The van der Waals surface area contributed by atoms with Crippen LogP contribution in [0.4, 0.5) is 13.2 Å². The smallest absolute Gasteiger partial charge is 0.338 e. The third kappa shape index (κ3) is 3.52. The highest BCUT2D eigenvalue weighted by Gasteiger charge is 2.33. The van der Waals surface area contributed by atoms with Crippen LogP contribution >= 0.6 is 11.3 Å². The topological polar surface area (TPSA) is 33.2 Å². The summed E-state index contributed by atoms with van der Waals surface area (Å²) in [6.07, 6.45) is -0.239. The molecule has 7 heteroatoms. The van der Waals surface area contributed by atoms with Crippen molar-refractivity contribution in [1.29, 1.82) is 0 Å². The molecule has 3 rings (SSSR count). The number of nitrogens with zero attached hydrogens (tertiary/aromatic N) is 2. The standard InChI is InChI=1S/C18H21F3N2OS/c1-10-5-4-6-12(9-10)23(3)17(24)15-11(2)13-7-8-14(18(19,20)21)22-16(13)25-15/h7-8,10,12H,4-6,9H2,1-3H3/t10-,12-/m0/s1. The van der Waals surface area contributed by atoms with E-state index in [-0.39, 0.29) is 16.8 Å². The molecule has 1 fully saturated rings. The van der Waals surface area contributed by atoms with Crippen molar-refractivity contribution < 1.29 is 18.0 Å². The Morgan fingerprint density at radius 1 is 1.32 bits per heavy atom. The lowest BCUT2D eigenvalue weighted by atomic mass is 9.86. The molecule has 0 spiro atoms. The normalized spacial score (nSPS) is 21.5. The van der Waals surface area contributed by atoms with E-state index >= 15 is 0 Å². The second-order valence-corrected chi connectivity index (χ2v) is 7.94. The number of pyridine rings is 1. The maximum absolute atomic E-state index is 12.9. The minimum Gasteiger partial charge on any atom is -0.338 e. The van der Waals surface area contributed by atoms with E-state index in [1.54, 1.807) is 18.9 Å². The van der Waals surface area contributed by atoms with Gasteiger partial charge in [-0.3, -0.25) is 4.79 Å². The first kappa shape index (κ1) is 18.2. The van der Waals surface area contributed by atoms with Crippen LogP contribution in [0.25, 0.3) is 10.2 Å². The molecule has 0 aromatic carbocycles. The summed E-state index contributed by atoms with van der Waals surface area (Å²) in [5.41, 5.74) is -0.211. The molecule has 2 heterocycles. The fourth-order valence-corrected chi connectivity index (χ4v) is 4.70. The molecule has 0 N–H and O–H groups in total. The van der Waals surface area contributed by atoms with Crippen LogP contribution in [0.2, 0.25) is 0 Å². The first-order chi connectivity index (χ1) is 11.7. The van der Waals surface area contributed by atoms with Gasteiger partial charge in [0.1, 0.15) is 10.5 Å². The van der Waals surface area contributed by atoms with Crippen molar-refractivity contribution in [2.24, 2.45) is 5.92 Å². The highest BCUT2D eigenvalue weighted by molar-refractivity contribution is 7.20. The Hall–Kier alpha value is -1.63. The molecule has 3 nitrogen and oxygen atoms in total. The fourth-order valence-electron chi connectivity index (χ4n) is 3.54. The lowest BCUT2D eigenvalue weighted by Crippen LogP contribution is -2.39. The number of carbonyl (C=O) groups excluding carboxylic acids is 1. The summed E-state index contributed by atoms with van der Waals surface area (Å²) < 4.78 is 38.6. The molecule has 1 saturated carbocycles. The lowest BCUT2D eigenvalue weighted by molar-refractivity contribution is -0.140. The summed E-state index contributed by atoms with van der Waals surface area (Å²) in [4.78, 5) is 19.1. The number of amides is 1. The van der Waals surface area contributed by atoms with Crippen molar-refractivity contribution in [3.05, 3.63) is 28.3 Å². The zero-order valence-corrected chi connectivity index (χ0v) is 15.3. The Labute approximate surface area is 148 Å². The Kier molecular flexibility index (Phi) is 4.79. The van der Waals surface area contributed by atoms with Crippen LogP contribution < -0.4 is 0 Å². The van der Waals surface area contributed by atoms with Crippen LogP contribution in [-0.2, 0) is 6.18 Å². The molecule has 0 aliphatic heterocycles. The molecular formula is C18H21F3N2OS. The summed E-state index contributed by atoms with van der Waals surface area (Å²) in [5.74, 6) is 0.474. The Balaban J connectivity index is 1.92. The number of carbonyl (C=O) groups is 1. The van der Waals surface area contributed by atoms with Gasteiger partial charge < -0.3 is 4.90 Å². The number of halogens is 3. The summed E-state index contributed by atoms with van der Waals surface area (Å²) in [5, 5.41) is 0.617. The SMILES string of the molecule is Cc1c(C(=O)N(C)[C@H]2CCC[C@H](C)C2)sc2nc(C(F)(F)F)ccc12. The number of hydrogen-bond donors (Lipinski definition) is 0. The summed E-state index contributed by atoms with van der Waals surface area (Å²) in [6, 6.07) is 2.58. The first-order valence-electron chi connectivity index (χ1n) is 8.43. The Morgan fingerprint density at radius 2 is 2.04 bits per heavy atom. The van der Waals surface area contributed by atoms with Gasteiger partial charge in [0.2, 0.25) is 0 Å². The maximum Gasteiger partial charge on any atom is 0.433 e. The number of aromatic nitrogens is 1. The van der Waals surface area contributed by atoms with E-state index in [0.717, 1.165) is 36.7 Å². The van der Waals surface area contributed by atoms with E-state index in [2.05, 4.69) is 11.9 Å². The quantitative estimate of drug-likeness (QED) is 0.721. The van der Waals surface area contributed by atoms with Gasteiger partial charge in [-0.2, -0.15) is 13.2 Å². The number of aryl methyl sites for hydroxylation is 1. The van der Waals surface area contributed by atoms with Crippen LogP contribution in [0.1, 0.15) is 53.5 Å². The van der Waals surface area contributed by atoms with E-state index in [1.807, 2.05) is 0 Å². The third-order valence-electron chi connectivity index (χ3n) is 5.07. The Morgan fingerprint density at radius 3 is 2.68 bits per heavy atom. The molecule has 2 aromatic heterocycles. The molecular weight excluding hydrogens is 349 g/mol. The van der Waals surface area contributed by atoms with Crippen molar-refractivity contribution in [2.45, 2.75) is 51.7 Å². The predicted molar refractivity (Wildman–Crippen MR) is 92.9 cm³/mol. The van der Waals surface area contributed by atoms with E-state index in [9.17, 15) is 18.0 Å². The molecule has 1 amide bonds. The summed E-state index contributed by atoms with van der Waals surface area (Å²) >= 11 is 1.05. The highest BCUT2D eigenvalue weighted by Crippen LogP contribution is 2.35. The van der Waals surface area contributed by atoms with Crippen LogP contribution in [0, 0.1) is 12.8 Å².